The molecule has 9 nitrogen and oxygen atoms in total. The van der Waals surface area contributed by atoms with Crippen molar-refractivity contribution in [1.82, 2.24) is 10.6 Å². The third kappa shape index (κ3) is 42.5. The number of carbonyl (C=O) groups is 4. The van der Waals surface area contributed by atoms with Crippen molar-refractivity contribution in [3.05, 3.63) is 97.2 Å². The van der Waals surface area contributed by atoms with Crippen LogP contribution in [-0.2, 0) is 23.9 Å². The molecule has 0 spiro atoms. The standard InChI is InChI=1S/C53H86N2O7/c1-3-5-7-9-11-13-15-16-17-18-19-20-21-22-23-24-25-26-28-30-32-37-41-45-52(59)62-48(42-38-34-31-29-27-14-12-10-8-6-4-2)43-39-35-33-36-40-44-50(57)54-46-51(58)55-49(47-56)53(60)61/h5,7,11,13,16-17,19-20,22-23,25-26,29-32,48-49,56H,3-4,6,8-10,12,14-15,18,21,24,27-28,33-47H2,1-2H3,(H,54,57)(H,55,58)(H,60,61)/b7-5-,13-11-,17-16-,20-19-,23-22-,26-25-,31-29-,32-30-. The summed E-state index contributed by atoms with van der Waals surface area (Å²) in [6.07, 6.45) is 61.5. The van der Waals surface area contributed by atoms with E-state index in [0.717, 1.165) is 116 Å². The Labute approximate surface area is 377 Å². The number of nitrogens with one attached hydrogen (secondary N) is 2. The quantitative estimate of drug-likeness (QED) is 0.0272. The van der Waals surface area contributed by atoms with Gasteiger partial charge in [-0.1, -0.05) is 162 Å². The Bertz CT molecular complexity index is 1360. The minimum Gasteiger partial charge on any atom is -0.480 e. The fourth-order valence-corrected chi connectivity index (χ4v) is 6.41. The SMILES string of the molecule is CC/C=C\C/C=C\C/C=C\C/C=C\C/C=C\C/C=C\C/C=C\CCCC(=O)OC(CCC/C=C\CCCCCCCC)CCCCCCCC(=O)NCC(=O)NC(CO)C(=O)O. The van der Waals surface area contributed by atoms with Gasteiger partial charge in [-0.3, -0.25) is 14.4 Å². The first-order valence-electron chi connectivity index (χ1n) is 24.1. The molecule has 0 aromatic heterocycles. The Hall–Kier alpha value is -4.24. The highest BCUT2D eigenvalue weighted by molar-refractivity contribution is 5.87. The molecule has 0 fully saturated rings. The van der Waals surface area contributed by atoms with E-state index in [1.807, 2.05) is 0 Å². The van der Waals surface area contributed by atoms with E-state index in [1.165, 1.54) is 38.5 Å². The summed E-state index contributed by atoms with van der Waals surface area (Å²) in [5, 5.41) is 22.6. The minimum absolute atomic E-state index is 0.0819. The number of rotatable bonds is 42. The maximum absolute atomic E-state index is 12.8. The van der Waals surface area contributed by atoms with Crippen LogP contribution in [-0.4, -0.2) is 59.3 Å². The molecular weight excluding hydrogens is 777 g/mol. The van der Waals surface area contributed by atoms with Crippen LogP contribution in [0.4, 0.5) is 0 Å². The van der Waals surface area contributed by atoms with Crippen molar-refractivity contribution >= 4 is 23.8 Å². The van der Waals surface area contributed by atoms with Crippen molar-refractivity contribution in [2.45, 2.75) is 199 Å². The number of carbonyl (C=O) groups excluding carboxylic acids is 3. The number of aliphatic hydroxyl groups is 1. The highest BCUT2D eigenvalue weighted by Crippen LogP contribution is 2.17. The van der Waals surface area contributed by atoms with Crippen molar-refractivity contribution in [2.24, 2.45) is 0 Å². The predicted molar refractivity (Wildman–Crippen MR) is 259 cm³/mol. The molecule has 2 unspecified atom stereocenters. The van der Waals surface area contributed by atoms with Crippen LogP contribution in [0.15, 0.2) is 97.2 Å². The number of esters is 1. The molecule has 0 saturated heterocycles. The molecule has 0 aliphatic carbocycles. The second-order valence-corrected chi connectivity index (χ2v) is 15.8. The Morgan fingerprint density at radius 2 is 0.952 bits per heavy atom. The van der Waals surface area contributed by atoms with Crippen molar-refractivity contribution in [2.75, 3.05) is 13.2 Å². The zero-order valence-corrected chi connectivity index (χ0v) is 38.8. The van der Waals surface area contributed by atoms with Crippen LogP contribution in [0.2, 0.25) is 0 Å². The normalized spacial score (nSPS) is 13.3. The molecule has 0 saturated carbocycles. The number of unbranched alkanes of at least 4 members (excludes halogenated alkanes) is 12. The van der Waals surface area contributed by atoms with E-state index in [-0.39, 0.29) is 30.9 Å². The molecule has 62 heavy (non-hydrogen) atoms. The lowest BCUT2D eigenvalue weighted by atomic mass is 10.0. The first-order chi connectivity index (χ1) is 30.3. The Balaban J connectivity index is 4.41. The first-order valence-corrected chi connectivity index (χ1v) is 24.1. The van der Waals surface area contributed by atoms with Gasteiger partial charge in [0.25, 0.3) is 0 Å². The van der Waals surface area contributed by atoms with Crippen LogP contribution in [0.1, 0.15) is 187 Å². The van der Waals surface area contributed by atoms with Gasteiger partial charge in [0.2, 0.25) is 11.8 Å². The molecule has 0 aliphatic heterocycles. The molecule has 2 atom stereocenters. The van der Waals surface area contributed by atoms with Crippen molar-refractivity contribution in [3.63, 3.8) is 0 Å². The van der Waals surface area contributed by atoms with Gasteiger partial charge in [0.05, 0.1) is 13.2 Å². The smallest absolute Gasteiger partial charge is 0.328 e. The van der Waals surface area contributed by atoms with Crippen molar-refractivity contribution < 1.29 is 34.1 Å². The summed E-state index contributed by atoms with van der Waals surface area (Å²) >= 11 is 0. The molecule has 9 heteroatoms. The average Bonchev–Trinajstić information content (AvgIpc) is 3.26. The molecule has 0 aromatic carbocycles. The van der Waals surface area contributed by atoms with Gasteiger partial charge < -0.3 is 25.6 Å². The van der Waals surface area contributed by atoms with Gasteiger partial charge in [0.1, 0.15) is 12.1 Å². The molecule has 0 aliphatic rings. The number of carboxylic acid groups (broad SMARTS) is 1. The fourth-order valence-electron chi connectivity index (χ4n) is 6.41. The van der Waals surface area contributed by atoms with Crippen LogP contribution in [0.3, 0.4) is 0 Å². The summed E-state index contributed by atoms with van der Waals surface area (Å²) in [7, 11) is 0. The zero-order valence-electron chi connectivity index (χ0n) is 38.8. The van der Waals surface area contributed by atoms with E-state index in [2.05, 4.69) is 122 Å². The third-order valence-electron chi connectivity index (χ3n) is 10.1. The summed E-state index contributed by atoms with van der Waals surface area (Å²) in [4.78, 5) is 47.7. The molecule has 0 aromatic rings. The molecule has 0 rings (SSSR count). The summed E-state index contributed by atoms with van der Waals surface area (Å²) < 4.78 is 5.99. The lowest BCUT2D eigenvalue weighted by Crippen LogP contribution is -2.47. The Morgan fingerprint density at radius 3 is 1.50 bits per heavy atom. The molecule has 0 bridgehead atoms. The summed E-state index contributed by atoms with van der Waals surface area (Å²) in [5.41, 5.74) is 0. The number of aliphatic carboxylic acids is 1. The van der Waals surface area contributed by atoms with Crippen LogP contribution in [0, 0.1) is 0 Å². The molecule has 4 N–H and O–H groups in total. The van der Waals surface area contributed by atoms with Crippen LogP contribution < -0.4 is 10.6 Å². The maximum Gasteiger partial charge on any atom is 0.328 e. The Kier molecular flexibility index (Phi) is 43.1. The van der Waals surface area contributed by atoms with E-state index >= 15 is 0 Å². The molecule has 2 amide bonds. The third-order valence-corrected chi connectivity index (χ3v) is 10.1. The number of carboxylic acids is 1. The largest absolute Gasteiger partial charge is 0.480 e. The van der Waals surface area contributed by atoms with Gasteiger partial charge in [-0.05, 0) is 109 Å². The van der Waals surface area contributed by atoms with Crippen molar-refractivity contribution in [3.8, 4) is 0 Å². The fraction of sp³-hybridized carbons (Fsp3) is 0.623. The lowest BCUT2D eigenvalue weighted by Gasteiger charge is -2.18. The predicted octanol–water partition coefficient (Wildman–Crippen LogP) is 12.6. The summed E-state index contributed by atoms with van der Waals surface area (Å²) in [5.74, 6) is -2.39. The van der Waals surface area contributed by atoms with Crippen molar-refractivity contribution in [1.29, 1.82) is 0 Å². The summed E-state index contributed by atoms with van der Waals surface area (Å²) in [6.45, 7) is 3.34. The Morgan fingerprint density at radius 1 is 0.500 bits per heavy atom. The number of amides is 2. The lowest BCUT2D eigenvalue weighted by molar-refractivity contribution is -0.150. The van der Waals surface area contributed by atoms with Crippen LogP contribution in [0.25, 0.3) is 0 Å². The molecule has 350 valence electrons. The molecule has 0 radical (unpaired) electrons. The van der Waals surface area contributed by atoms with Gasteiger partial charge >= 0.3 is 11.9 Å². The topological polar surface area (TPSA) is 142 Å². The van der Waals surface area contributed by atoms with E-state index in [1.54, 1.807) is 0 Å². The highest BCUT2D eigenvalue weighted by Gasteiger charge is 2.19. The van der Waals surface area contributed by atoms with Gasteiger partial charge in [-0.25, -0.2) is 4.79 Å². The second-order valence-electron chi connectivity index (χ2n) is 15.8. The second kappa shape index (κ2) is 46.3. The number of hydrogen-bond donors (Lipinski definition) is 4. The van der Waals surface area contributed by atoms with E-state index in [4.69, 9.17) is 14.9 Å². The number of ether oxygens (including phenoxy) is 1. The summed E-state index contributed by atoms with van der Waals surface area (Å²) in [6, 6.07) is -1.39. The minimum atomic E-state index is -1.39. The van der Waals surface area contributed by atoms with Crippen LogP contribution in [0.5, 0.6) is 0 Å². The number of aliphatic hydroxyl groups excluding tert-OH is 1. The average molecular weight is 863 g/mol. The number of allylic oxidation sites excluding steroid dienone is 16. The molecular formula is C53H86N2O7. The van der Waals surface area contributed by atoms with Gasteiger partial charge in [-0.2, -0.15) is 0 Å². The van der Waals surface area contributed by atoms with E-state index in [0.29, 0.717) is 12.8 Å². The van der Waals surface area contributed by atoms with Gasteiger partial charge in [-0.15, -0.1) is 0 Å². The molecule has 0 heterocycles. The maximum atomic E-state index is 12.8. The highest BCUT2D eigenvalue weighted by atomic mass is 16.5. The van der Waals surface area contributed by atoms with Crippen LogP contribution >= 0.6 is 0 Å². The number of hydrogen-bond acceptors (Lipinski definition) is 6. The van der Waals surface area contributed by atoms with E-state index < -0.39 is 24.5 Å². The van der Waals surface area contributed by atoms with Gasteiger partial charge in [0.15, 0.2) is 0 Å². The van der Waals surface area contributed by atoms with E-state index in [9.17, 15) is 19.2 Å². The van der Waals surface area contributed by atoms with Gasteiger partial charge in [0, 0.05) is 12.8 Å². The monoisotopic (exact) mass is 863 g/mol. The zero-order chi connectivity index (χ0) is 45.4. The first kappa shape index (κ1) is 57.8.